The first-order chi connectivity index (χ1) is 6.91. The normalized spacial score (nSPS) is 50.7. The molecular formula is C8H15O6P. The lowest BCUT2D eigenvalue weighted by Crippen LogP contribution is -2.40. The van der Waals surface area contributed by atoms with Gasteiger partial charge >= 0.3 is 7.82 Å². The smallest absolute Gasteiger partial charge is 0.388 e. The fourth-order valence-corrected chi connectivity index (χ4v) is 2.90. The molecule has 0 aromatic rings. The summed E-state index contributed by atoms with van der Waals surface area (Å²) in [6, 6.07) is 0. The number of phosphoric ester groups is 1. The topological polar surface area (TPSA) is 85.2 Å². The van der Waals surface area contributed by atoms with E-state index >= 15 is 0 Å². The van der Waals surface area contributed by atoms with E-state index in [2.05, 4.69) is 4.52 Å². The lowest BCUT2D eigenvalue weighted by atomic mass is 10.00. The van der Waals surface area contributed by atoms with E-state index in [0.29, 0.717) is 0 Å². The standard InChI is InChI=1S/C8H15O6P/c1-4(2)7-6(9)8-5(13-7)3-12-15(10,11)14-8/h4-9H,3H2,1-2H3,(H,10,11)/t5-,6?,7+,8+/m1/s1. The highest BCUT2D eigenvalue weighted by atomic mass is 31.2. The Morgan fingerprint density at radius 2 is 2.13 bits per heavy atom. The van der Waals surface area contributed by atoms with Crippen LogP contribution in [0.2, 0.25) is 0 Å². The van der Waals surface area contributed by atoms with E-state index in [0.717, 1.165) is 0 Å². The van der Waals surface area contributed by atoms with E-state index in [9.17, 15) is 9.67 Å². The predicted octanol–water partition coefficient (Wildman–Crippen LogP) is 0.286. The second-order valence-electron chi connectivity index (χ2n) is 4.21. The van der Waals surface area contributed by atoms with Crippen LogP contribution < -0.4 is 0 Å². The molecule has 0 bridgehead atoms. The van der Waals surface area contributed by atoms with E-state index in [4.69, 9.17) is 14.2 Å². The van der Waals surface area contributed by atoms with Crippen LogP contribution in [0.1, 0.15) is 13.8 Å². The second-order valence-corrected chi connectivity index (χ2v) is 5.61. The van der Waals surface area contributed by atoms with Gasteiger partial charge in [-0.25, -0.2) is 4.57 Å². The lowest BCUT2D eigenvalue weighted by molar-refractivity contribution is -0.0595. The number of rotatable bonds is 1. The van der Waals surface area contributed by atoms with Crippen molar-refractivity contribution in [3.8, 4) is 0 Å². The van der Waals surface area contributed by atoms with Crippen molar-refractivity contribution in [3.63, 3.8) is 0 Å². The number of ether oxygens (including phenoxy) is 1. The van der Waals surface area contributed by atoms with Crippen LogP contribution in [0, 0.1) is 5.92 Å². The van der Waals surface area contributed by atoms with Gasteiger partial charge in [-0.15, -0.1) is 0 Å². The quantitative estimate of drug-likeness (QED) is 0.638. The molecule has 0 aliphatic carbocycles. The average Bonchev–Trinajstić information content (AvgIpc) is 2.42. The first-order valence-electron chi connectivity index (χ1n) is 4.90. The lowest BCUT2D eigenvalue weighted by Gasteiger charge is -2.28. The third kappa shape index (κ3) is 2.11. The highest BCUT2D eigenvalue weighted by Gasteiger charge is 2.52. The summed E-state index contributed by atoms with van der Waals surface area (Å²) in [7, 11) is -3.99. The number of fused-ring (bicyclic) bond motifs is 1. The molecule has 0 aromatic heterocycles. The van der Waals surface area contributed by atoms with Crippen molar-refractivity contribution in [1.29, 1.82) is 0 Å². The minimum atomic E-state index is -3.99. The first kappa shape index (κ1) is 11.5. The van der Waals surface area contributed by atoms with Gasteiger partial charge in [-0.3, -0.25) is 9.05 Å². The van der Waals surface area contributed by atoms with Gasteiger partial charge in [0, 0.05) is 0 Å². The van der Waals surface area contributed by atoms with Gasteiger partial charge in [-0.05, 0) is 5.92 Å². The molecule has 88 valence electrons. The van der Waals surface area contributed by atoms with Gasteiger partial charge in [0.25, 0.3) is 0 Å². The van der Waals surface area contributed by atoms with E-state index in [-0.39, 0.29) is 18.6 Å². The Morgan fingerprint density at radius 3 is 2.73 bits per heavy atom. The maximum atomic E-state index is 11.1. The Morgan fingerprint density at radius 1 is 1.47 bits per heavy atom. The molecule has 2 unspecified atom stereocenters. The molecule has 0 saturated carbocycles. The van der Waals surface area contributed by atoms with Crippen molar-refractivity contribution < 1.29 is 28.3 Å². The molecule has 0 aromatic carbocycles. The summed E-state index contributed by atoms with van der Waals surface area (Å²) in [6.07, 6.45) is -2.47. The Bertz CT molecular complexity index is 293. The molecule has 7 heteroatoms. The maximum absolute atomic E-state index is 11.1. The molecule has 15 heavy (non-hydrogen) atoms. The molecule has 0 radical (unpaired) electrons. The van der Waals surface area contributed by atoms with Gasteiger partial charge in [0.1, 0.15) is 18.3 Å². The molecule has 2 rings (SSSR count). The van der Waals surface area contributed by atoms with Crippen LogP contribution in [0.3, 0.4) is 0 Å². The average molecular weight is 238 g/mol. The molecular weight excluding hydrogens is 223 g/mol. The van der Waals surface area contributed by atoms with Crippen LogP contribution in [0.25, 0.3) is 0 Å². The van der Waals surface area contributed by atoms with Gasteiger partial charge in [0.05, 0.1) is 12.7 Å². The SMILES string of the molecule is CC(C)[C@@H]1O[C@@H]2COP(=O)(O)O[C@@H]2C1O. The monoisotopic (exact) mass is 238 g/mol. The number of hydrogen-bond acceptors (Lipinski definition) is 5. The van der Waals surface area contributed by atoms with E-state index in [1.807, 2.05) is 13.8 Å². The Balaban J connectivity index is 2.12. The van der Waals surface area contributed by atoms with Gasteiger partial charge in [-0.1, -0.05) is 13.8 Å². The maximum Gasteiger partial charge on any atom is 0.472 e. The van der Waals surface area contributed by atoms with Crippen LogP contribution >= 0.6 is 7.82 Å². The van der Waals surface area contributed by atoms with Crippen LogP contribution in [0.15, 0.2) is 0 Å². The summed E-state index contributed by atoms with van der Waals surface area (Å²) in [5, 5.41) is 9.85. The van der Waals surface area contributed by atoms with Crippen molar-refractivity contribution in [3.05, 3.63) is 0 Å². The highest BCUT2D eigenvalue weighted by Crippen LogP contribution is 2.51. The Labute approximate surface area is 87.8 Å². The van der Waals surface area contributed by atoms with E-state index in [1.165, 1.54) is 0 Å². The summed E-state index contributed by atoms with van der Waals surface area (Å²) in [6.45, 7) is 3.80. The number of aliphatic hydroxyl groups is 1. The Kier molecular flexibility index (Phi) is 2.92. The van der Waals surface area contributed by atoms with Crippen LogP contribution in [-0.2, 0) is 18.3 Å². The van der Waals surface area contributed by atoms with Gasteiger partial charge < -0.3 is 14.7 Å². The minimum absolute atomic E-state index is 0.0152. The number of phosphoric acid groups is 1. The largest absolute Gasteiger partial charge is 0.472 e. The Hall–Kier alpha value is 0.0300. The second kappa shape index (κ2) is 3.80. The molecule has 2 heterocycles. The van der Waals surface area contributed by atoms with Gasteiger partial charge in [0.15, 0.2) is 0 Å². The summed E-state index contributed by atoms with van der Waals surface area (Å²) < 4.78 is 26.1. The molecule has 0 amide bonds. The van der Waals surface area contributed by atoms with Crippen molar-refractivity contribution in [2.24, 2.45) is 5.92 Å². The molecule has 2 N–H and O–H groups in total. The summed E-state index contributed by atoms with van der Waals surface area (Å²) in [5.41, 5.74) is 0. The highest BCUT2D eigenvalue weighted by molar-refractivity contribution is 7.47. The summed E-state index contributed by atoms with van der Waals surface area (Å²) in [5.74, 6) is 0.118. The molecule has 0 spiro atoms. The van der Waals surface area contributed by atoms with Crippen molar-refractivity contribution in [2.75, 3.05) is 6.61 Å². The zero-order chi connectivity index (χ0) is 11.2. The zero-order valence-electron chi connectivity index (χ0n) is 8.57. The molecule has 6 nitrogen and oxygen atoms in total. The number of aliphatic hydroxyl groups excluding tert-OH is 1. The van der Waals surface area contributed by atoms with Crippen LogP contribution in [0.5, 0.6) is 0 Å². The fourth-order valence-electron chi connectivity index (χ4n) is 1.93. The summed E-state index contributed by atoms with van der Waals surface area (Å²) in [4.78, 5) is 9.11. The fraction of sp³-hybridized carbons (Fsp3) is 1.00. The van der Waals surface area contributed by atoms with Crippen molar-refractivity contribution >= 4 is 7.82 Å². The van der Waals surface area contributed by atoms with Crippen LogP contribution in [0.4, 0.5) is 0 Å². The molecule has 2 aliphatic rings. The predicted molar refractivity (Wildman–Crippen MR) is 50.2 cm³/mol. The first-order valence-corrected chi connectivity index (χ1v) is 6.39. The third-order valence-electron chi connectivity index (χ3n) is 2.69. The molecule has 2 aliphatic heterocycles. The number of hydrogen-bond donors (Lipinski definition) is 2. The summed E-state index contributed by atoms with van der Waals surface area (Å²) >= 11 is 0. The van der Waals surface area contributed by atoms with Gasteiger partial charge in [-0.2, -0.15) is 0 Å². The molecule has 5 atom stereocenters. The van der Waals surface area contributed by atoms with Crippen molar-refractivity contribution in [1.82, 2.24) is 0 Å². The molecule has 2 saturated heterocycles. The van der Waals surface area contributed by atoms with Crippen LogP contribution in [-0.4, -0.2) is 41.0 Å². The zero-order valence-corrected chi connectivity index (χ0v) is 9.46. The van der Waals surface area contributed by atoms with E-state index < -0.39 is 26.1 Å². The third-order valence-corrected chi connectivity index (χ3v) is 3.67. The molecule has 2 fully saturated rings. The van der Waals surface area contributed by atoms with Gasteiger partial charge in [0.2, 0.25) is 0 Å². The van der Waals surface area contributed by atoms with E-state index in [1.54, 1.807) is 0 Å². The van der Waals surface area contributed by atoms with Crippen molar-refractivity contribution in [2.45, 2.75) is 38.3 Å². The minimum Gasteiger partial charge on any atom is -0.388 e.